The highest BCUT2D eigenvalue weighted by atomic mass is 19.1. The molecule has 0 atom stereocenters. The molecule has 0 aromatic heterocycles. The summed E-state index contributed by atoms with van der Waals surface area (Å²) in [6.07, 6.45) is 2.21. The van der Waals surface area contributed by atoms with Gasteiger partial charge in [-0.05, 0) is 30.5 Å². The monoisotopic (exact) mass is 280 g/mol. The minimum Gasteiger partial charge on any atom is -0.395 e. The van der Waals surface area contributed by atoms with E-state index in [1.165, 1.54) is 12.1 Å². The van der Waals surface area contributed by atoms with Crippen LogP contribution < -0.4 is 0 Å². The molecule has 0 radical (unpaired) electrons. The first-order valence-electron chi connectivity index (χ1n) is 6.93. The molecule has 5 heteroatoms. The lowest BCUT2D eigenvalue weighted by molar-refractivity contribution is -0.131. The van der Waals surface area contributed by atoms with Crippen molar-refractivity contribution in [2.75, 3.05) is 26.7 Å². The van der Waals surface area contributed by atoms with E-state index in [1.54, 1.807) is 24.1 Å². The lowest BCUT2D eigenvalue weighted by Crippen LogP contribution is -2.40. The van der Waals surface area contributed by atoms with Gasteiger partial charge in [0.15, 0.2) is 0 Å². The first kappa shape index (κ1) is 14.9. The quantitative estimate of drug-likeness (QED) is 0.817. The fourth-order valence-electron chi connectivity index (χ4n) is 2.21. The number of carbonyl (C=O) groups is 1. The van der Waals surface area contributed by atoms with Crippen molar-refractivity contribution >= 4 is 5.91 Å². The summed E-state index contributed by atoms with van der Waals surface area (Å²) in [4.78, 5) is 15.8. The number of benzene rings is 1. The third-order valence-electron chi connectivity index (χ3n) is 3.55. The Kier molecular flexibility index (Phi) is 5.09. The molecule has 2 rings (SSSR count). The maximum absolute atomic E-state index is 12.8. The molecule has 0 heterocycles. The van der Waals surface area contributed by atoms with Gasteiger partial charge in [0.2, 0.25) is 5.91 Å². The Morgan fingerprint density at radius 3 is 2.55 bits per heavy atom. The number of hydrogen-bond donors (Lipinski definition) is 1. The summed E-state index contributed by atoms with van der Waals surface area (Å²) in [6.45, 7) is 1.42. The van der Waals surface area contributed by atoms with Crippen molar-refractivity contribution < 1.29 is 14.3 Å². The van der Waals surface area contributed by atoms with E-state index in [2.05, 4.69) is 0 Å². The number of carbonyl (C=O) groups excluding carboxylic acids is 1. The van der Waals surface area contributed by atoms with Gasteiger partial charge in [0, 0.05) is 26.2 Å². The van der Waals surface area contributed by atoms with Crippen LogP contribution >= 0.6 is 0 Å². The molecule has 0 spiro atoms. The van der Waals surface area contributed by atoms with Crippen LogP contribution in [0.1, 0.15) is 18.4 Å². The van der Waals surface area contributed by atoms with E-state index >= 15 is 0 Å². The van der Waals surface area contributed by atoms with Crippen LogP contribution in [0, 0.1) is 5.82 Å². The highest BCUT2D eigenvalue weighted by Crippen LogP contribution is 2.26. The van der Waals surface area contributed by atoms with E-state index in [-0.39, 0.29) is 18.3 Å². The summed E-state index contributed by atoms with van der Waals surface area (Å²) in [6, 6.07) is 6.62. The second-order valence-corrected chi connectivity index (χ2v) is 5.30. The molecule has 0 aliphatic heterocycles. The zero-order valence-corrected chi connectivity index (χ0v) is 11.8. The van der Waals surface area contributed by atoms with Crippen molar-refractivity contribution in [1.82, 2.24) is 9.80 Å². The maximum Gasteiger partial charge on any atom is 0.236 e. The molecule has 0 unspecified atom stereocenters. The largest absolute Gasteiger partial charge is 0.395 e. The molecular weight excluding hydrogens is 259 g/mol. The van der Waals surface area contributed by atoms with Crippen molar-refractivity contribution in [3.05, 3.63) is 35.6 Å². The molecule has 1 aromatic carbocycles. The smallest absolute Gasteiger partial charge is 0.236 e. The van der Waals surface area contributed by atoms with Crippen LogP contribution in [0.2, 0.25) is 0 Å². The Morgan fingerprint density at radius 2 is 2.00 bits per heavy atom. The summed E-state index contributed by atoms with van der Waals surface area (Å²) in [5.41, 5.74) is 0.905. The summed E-state index contributed by atoms with van der Waals surface area (Å²) >= 11 is 0. The Hall–Kier alpha value is -1.46. The highest BCUT2D eigenvalue weighted by molar-refractivity contribution is 5.78. The predicted octanol–water partition coefficient (Wildman–Crippen LogP) is 1.24. The lowest BCUT2D eigenvalue weighted by atomic mass is 10.2. The van der Waals surface area contributed by atoms with Crippen LogP contribution in [0.3, 0.4) is 0 Å². The first-order valence-corrected chi connectivity index (χ1v) is 6.93. The number of halogens is 1. The van der Waals surface area contributed by atoms with E-state index < -0.39 is 0 Å². The molecule has 1 amide bonds. The van der Waals surface area contributed by atoms with Crippen LogP contribution in [0.15, 0.2) is 24.3 Å². The van der Waals surface area contributed by atoms with E-state index in [4.69, 9.17) is 5.11 Å². The normalized spacial score (nSPS) is 14.6. The number of hydrogen-bond acceptors (Lipinski definition) is 3. The van der Waals surface area contributed by atoms with E-state index in [1.807, 2.05) is 4.90 Å². The average Bonchev–Trinajstić information content (AvgIpc) is 3.25. The van der Waals surface area contributed by atoms with Gasteiger partial charge in [-0.25, -0.2) is 4.39 Å². The standard InChI is InChI=1S/C15H21FN2O2/c1-17(10-12-2-4-13(16)5-3-12)15(20)11-18(8-9-19)14-6-7-14/h2-5,14,19H,6-11H2,1H3. The highest BCUT2D eigenvalue weighted by Gasteiger charge is 2.30. The van der Waals surface area contributed by atoms with E-state index in [0.29, 0.717) is 25.7 Å². The summed E-state index contributed by atoms with van der Waals surface area (Å²) in [7, 11) is 1.75. The summed E-state index contributed by atoms with van der Waals surface area (Å²) in [5.74, 6) is -0.250. The molecule has 20 heavy (non-hydrogen) atoms. The summed E-state index contributed by atoms with van der Waals surface area (Å²) in [5, 5.41) is 9.02. The number of likely N-dealkylation sites (N-methyl/N-ethyl adjacent to an activating group) is 1. The molecule has 110 valence electrons. The van der Waals surface area contributed by atoms with Crippen LogP contribution in [0.25, 0.3) is 0 Å². The third kappa shape index (κ3) is 4.28. The van der Waals surface area contributed by atoms with Crippen LogP contribution in [0.5, 0.6) is 0 Å². The van der Waals surface area contributed by atoms with Crippen molar-refractivity contribution in [3.8, 4) is 0 Å². The first-order chi connectivity index (χ1) is 9.60. The zero-order valence-electron chi connectivity index (χ0n) is 11.8. The van der Waals surface area contributed by atoms with Crippen LogP contribution in [-0.4, -0.2) is 53.6 Å². The van der Waals surface area contributed by atoms with Gasteiger partial charge in [0.25, 0.3) is 0 Å². The lowest BCUT2D eigenvalue weighted by Gasteiger charge is -2.24. The second kappa shape index (κ2) is 6.81. The molecule has 0 bridgehead atoms. The van der Waals surface area contributed by atoms with Gasteiger partial charge >= 0.3 is 0 Å². The molecule has 1 aliphatic rings. The second-order valence-electron chi connectivity index (χ2n) is 5.30. The SMILES string of the molecule is CN(Cc1ccc(F)cc1)C(=O)CN(CCO)C1CC1. The van der Waals surface area contributed by atoms with E-state index in [0.717, 1.165) is 18.4 Å². The minimum absolute atomic E-state index is 0.0228. The van der Waals surface area contributed by atoms with Gasteiger partial charge in [-0.15, -0.1) is 0 Å². The fraction of sp³-hybridized carbons (Fsp3) is 0.533. The van der Waals surface area contributed by atoms with Crippen molar-refractivity contribution in [1.29, 1.82) is 0 Å². The van der Waals surface area contributed by atoms with Crippen LogP contribution in [0.4, 0.5) is 4.39 Å². The number of nitrogens with zero attached hydrogens (tertiary/aromatic N) is 2. The Morgan fingerprint density at radius 1 is 1.35 bits per heavy atom. The molecule has 1 fully saturated rings. The number of aliphatic hydroxyl groups excluding tert-OH is 1. The van der Waals surface area contributed by atoms with Gasteiger partial charge in [-0.3, -0.25) is 9.69 Å². The Labute approximate surface area is 118 Å². The number of rotatable bonds is 7. The van der Waals surface area contributed by atoms with Gasteiger partial charge in [0.05, 0.1) is 13.2 Å². The van der Waals surface area contributed by atoms with Gasteiger partial charge < -0.3 is 10.0 Å². The molecule has 0 saturated heterocycles. The Bertz CT molecular complexity index is 446. The van der Waals surface area contributed by atoms with Crippen molar-refractivity contribution in [2.45, 2.75) is 25.4 Å². The topological polar surface area (TPSA) is 43.8 Å². The van der Waals surface area contributed by atoms with Crippen molar-refractivity contribution in [2.24, 2.45) is 0 Å². The maximum atomic E-state index is 12.8. The predicted molar refractivity (Wildman–Crippen MR) is 74.6 cm³/mol. The minimum atomic E-state index is -0.273. The molecule has 4 nitrogen and oxygen atoms in total. The van der Waals surface area contributed by atoms with Crippen LogP contribution in [-0.2, 0) is 11.3 Å². The third-order valence-corrected chi connectivity index (χ3v) is 3.55. The molecule has 1 aliphatic carbocycles. The van der Waals surface area contributed by atoms with Gasteiger partial charge in [-0.2, -0.15) is 0 Å². The van der Waals surface area contributed by atoms with Crippen molar-refractivity contribution in [3.63, 3.8) is 0 Å². The molecule has 1 N–H and O–H groups in total. The average molecular weight is 280 g/mol. The van der Waals surface area contributed by atoms with E-state index in [9.17, 15) is 9.18 Å². The zero-order chi connectivity index (χ0) is 14.5. The number of aliphatic hydroxyl groups is 1. The van der Waals surface area contributed by atoms with Gasteiger partial charge in [0.1, 0.15) is 5.82 Å². The fourth-order valence-corrected chi connectivity index (χ4v) is 2.21. The molecule has 1 saturated carbocycles. The molecule has 1 aromatic rings. The van der Waals surface area contributed by atoms with Gasteiger partial charge in [-0.1, -0.05) is 12.1 Å². The number of amides is 1. The Balaban J connectivity index is 1.85. The molecular formula is C15H21FN2O2. The summed E-state index contributed by atoms with van der Waals surface area (Å²) < 4.78 is 12.8.